The summed E-state index contributed by atoms with van der Waals surface area (Å²) in [7, 11) is 1.18. The molecule has 0 aliphatic heterocycles. The number of carbonyl (C=O) groups excluding carboxylic acids is 3. The Balaban J connectivity index is 2.96. The van der Waals surface area contributed by atoms with Gasteiger partial charge in [0.25, 0.3) is 0 Å². The van der Waals surface area contributed by atoms with Crippen molar-refractivity contribution < 1.29 is 28.2 Å². The van der Waals surface area contributed by atoms with Crippen LogP contribution in [-0.2, 0) is 19.1 Å². The standard InChI is InChI=1S/C16H27FN2O5/c1-9(2)15(17)8-16(15,19-13(22)24-14(4,5)6)12(21)18-10(3)11(20)23-7/h9-10H,8H2,1-7H3,(H,18,21)(H,19,22)/t10-,15+,16-/m0/s1. The highest BCUT2D eigenvalue weighted by atomic mass is 19.1. The molecule has 24 heavy (non-hydrogen) atoms. The van der Waals surface area contributed by atoms with Gasteiger partial charge in [-0.15, -0.1) is 0 Å². The van der Waals surface area contributed by atoms with Crippen molar-refractivity contribution in [2.24, 2.45) is 5.92 Å². The van der Waals surface area contributed by atoms with Crippen molar-refractivity contribution in [3.63, 3.8) is 0 Å². The second kappa shape index (κ2) is 6.57. The Hall–Kier alpha value is -1.86. The summed E-state index contributed by atoms with van der Waals surface area (Å²) in [5.41, 5.74) is -4.46. The minimum atomic E-state index is -1.91. The number of nitrogens with one attached hydrogen (secondary N) is 2. The number of hydrogen-bond donors (Lipinski definition) is 2. The lowest BCUT2D eigenvalue weighted by molar-refractivity contribution is -0.145. The summed E-state index contributed by atoms with van der Waals surface area (Å²) in [6.45, 7) is 9.65. The van der Waals surface area contributed by atoms with Crippen LogP contribution in [0.4, 0.5) is 9.18 Å². The van der Waals surface area contributed by atoms with Crippen molar-refractivity contribution in [3.8, 4) is 0 Å². The first kappa shape index (κ1) is 20.2. The van der Waals surface area contributed by atoms with Crippen LogP contribution in [0.25, 0.3) is 0 Å². The molecule has 1 fully saturated rings. The summed E-state index contributed by atoms with van der Waals surface area (Å²) in [4.78, 5) is 36.0. The molecule has 0 aromatic carbocycles. The fourth-order valence-corrected chi connectivity index (χ4v) is 2.55. The predicted octanol–water partition coefficient (Wildman–Crippen LogP) is 1.70. The molecule has 0 heterocycles. The molecule has 138 valence electrons. The number of rotatable bonds is 5. The third-order valence-corrected chi connectivity index (χ3v) is 4.03. The normalized spacial score (nSPS) is 27.2. The molecule has 1 saturated carbocycles. The van der Waals surface area contributed by atoms with E-state index < -0.39 is 46.7 Å². The maximum Gasteiger partial charge on any atom is 0.408 e. The lowest BCUT2D eigenvalue weighted by Crippen LogP contribution is -2.57. The van der Waals surface area contributed by atoms with Crippen LogP contribution in [0.5, 0.6) is 0 Å². The highest BCUT2D eigenvalue weighted by Crippen LogP contribution is 2.56. The van der Waals surface area contributed by atoms with Crippen molar-refractivity contribution in [1.29, 1.82) is 0 Å². The van der Waals surface area contributed by atoms with Gasteiger partial charge in [-0.25, -0.2) is 14.0 Å². The maximum atomic E-state index is 15.1. The topological polar surface area (TPSA) is 93.7 Å². The quantitative estimate of drug-likeness (QED) is 0.739. The fourth-order valence-electron chi connectivity index (χ4n) is 2.55. The molecule has 2 N–H and O–H groups in total. The first-order valence-corrected chi connectivity index (χ1v) is 7.88. The molecule has 1 aliphatic carbocycles. The Labute approximate surface area is 141 Å². The molecular weight excluding hydrogens is 319 g/mol. The molecule has 0 saturated heterocycles. The van der Waals surface area contributed by atoms with E-state index in [0.29, 0.717) is 0 Å². The molecule has 7 nitrogen and oxygen atoms in total. The van der Waals surface area contributed by atoms with E-state index in [4.69, 9.17) is 4.74 Å². The van der Waals surface area contributed by atoms with E-state index >= 15 is 4.39 Å². The van der Waals surface area contributed by atoms with E-state index in [-0.39, 0.29) is 6.42 Å². The molecule has 3 atom stereocenters. The van der Waals surface area contributed by atoms with Gasteiger partial charge >= 0.3 is 12.1 Å². The van der Waals surface area contributed by atoms with E-state index in [1.807, 2.05) is 0 Å². The monoisotopic (exact) mass is 346 g/mol. The molecular formula is C16H27FN2O5. The van der Waals surface area contributed by atoms with Gasteiger partial charge in [0.1, 0.15) is 17.3 Å². The van der Waals surface area contributed by atoms with Crippen LogP contribution in [0, 0.1) is 5.92 Å². The summed E-state index contributed by atoms with van der Waals surface area (Å²) in [5.74, 6) is -1.94. The van der Waals surface area contributed by atoms with Gasteiger partial charge < -0.3 is 20.1 Å². The third kappa shape index (κ3) is 3.96. The second-order valence-corrected chi connectivity index (χ2v) is 7.44. The van der Waals surface area contributed by atoms with Gasteiger partial charge in [0.05, 0.1) is 7.11 Å². The predicted molar refractivity (Wildman–Crippen MR) is 85.0 cm³/mol. The third-order valence-electron chi connectivity index (χ3n) is 4.03. The second-order valence-electron chi connectivity index (χ2n) is 7.44. The highest BCUT2D eigenvalue weighted by molar-refractivity contribution is 5.97. The largest absolute Gasteiger partial charge is 0.467 e. The number of methoxy groups -OCH3 is 1. The van der Waals surface area contributed by atoms with E-state index in [2.05, 4.69) is 15.4 Å². The number of esters is 1. The van der Waals surface area contributed by atoms with Crippen molar-refractivity contribution in [1.82, 2.24) is 10.6 Å². The molecule has 1 rings (SSSR count). The Bertz CT molecular complexity index is 531. The zero-order valence-corrected chi connectivity index (χ0v) is 15.3. The van der Waals surface area contributed by atoms with Crippen molar-refractivity contribution in [2.45, 2.75) is 70.8 Å². The number of alkyl carbamates (subject to hydrolysis) is 1. The molecule has 8 heteroatoms. The van der Waals surface area contributed by atoms with E-state index in [9.17, 15) is 14.4 Å². The molecule has 0 aromatic rings. The Morgan fingerprint density at radius 2 is 1.71 bits per heavy atom. The van der Waals surface area contributed by atoms with Gasteiger partial charge in [0.2, 0.25) is 5.91 Å². The van der Waals surface area contributed by atoms with Gasteiger partial charge in [-0.1, -0.05) is 13.8 Å². The maximum absolute atomic E-state index is 15.1. The Morgan fingerprint density at radius 3 is 2.08 bits per heavy atom. The van der Waals surface area contributed by atoms with Gasteiger partial charge in [0.15, 0.2) is 5.54 Å². The van der Waals surface area contributed by atoms with E-state index in [1.54, 1.807) is 34.6 Å². The number of amides is 2. The van der Waals surface area contributed by atoms with Gasteiger partial charge in [0, 0.05) is 6.42 Å². The lowest BCUT2D eigenvalue weighted by Gasteiger charge is -2.27. The van der Waals surface area contributed by atoms with Crippen LogP contribution in [0.15, 0.2) is 0 Å². The van der Waals surface area contributed by atoms with Crippen LogP contribution in [0.1, 0.15) is 48.0 Å². The first-order valence-electron chi connectivity index (χ1n) is 7.88. The van der Waals surface area contributed by atoms with E-state index in [0.717, 1.165) is 0 Å². The smallest absolute Gasteiger partial charge is 0.408 e. The molecule has 0 radical (unpaired) electrons. The number of carbonyl (C=O) groups is 3. The zero-order chi connectivity index (χ0) is 18.9. The molecule has 0 unspecified atom stereocenters. The van der Waals surface area contributed by atoms with Crippen LogP contribution in [-0.4, -0.2) is 47.9 Å². The molecule has 1 aliphatic rings. The number of alkyl halides is 1. The Morgan fingerprint density at radius 1 is 1.17 bits per heavy atom. The fraction of sp³-hybridized carbons (Fsp3) is 0.812. The first-order chi connectivity index (χ1) is 10.8. The average molecular weight is 346 g/mol. The van der Waals surface area contributed by atoms with Crippen LogP contribution in [0.3, 0.4) is 0 Å². The molecule has 0 bridgehead atoms. The minimum absolute atomic E-state index is 0.184. The van der Waals surface area contributed by atoms with Crippen LogP contribution >= 0.6 is 0 Å². The minimum Gasteiger partial charge on any atom is -0.467 e. The lowest BCUT2D eigenvalue weighted by atomic mass is 10.00. The molecule has 0 spiro atoms. The van der Waals surface area contributed by atoms with Crippen molar-refractivity contribution in [2.75, 3.05) is 7.11 Å². The van der Waals surface area contributed by atoms with Crippen LogP contribution < -0.4 is 10.6 Å². The number of halogens is 1. The SMILES string of the molecule is COC(=O)[C@H](C)NC(=O)[C@@]1(NC(=O)OC(C)(C)C)C[C@@]1(F)C(C)C. The Kier molecular flexibility index (Phi) is 5.52. The average Bonchev–Trinajstić information content (AvgIpc) is 3.03. The summed E-state index contributed by atoms with van der Waals surface area (Å²) in [6.07, 6.45) is -1.07. The number of hydrogen-bond acceptors (Lipinski definition) is 5. The highest BCUT2D eigenvalue weighted by Gasteiger charge is 2.76. The number of ether oxygens (including phenoxy) is 2. The summed E-state index contributed by atoms with van der Waals surface area (Å²) < 4.78 is 24.7. The molecule has 2 amide bonds. The summed E-state index contributed by atoms with van der Waals surface area (Å²) in [6, 6.07) is -0.961. The summed E-state index contributed by atoms with van der Waals surface area (Å²) in [5, 5.41) is 4.75. The zero-order valence-electron chi connectivity index (χ0n) is 15.3. The van der Waals surface area contributed by atoms with Crippen molar-refractivity contribution in [3.05, 3.63) is 0 Å². The molecule has 0 aromatic heterocycles. The van der Waals surface area contributed by atoms with Gasteiger partial charge in [-0.2, -0.15) is 0 Å². The van der Waals surface area contributed by atoms with Gasteiger partial charge in [-0.05, 0) is 33.6 Å². The van der Waals surface area contributed by atoms with E-state index in [1.165, 1.54) is 14.0 Å². The summed E-state index contributed by atoms with van der Waals surface area (Å²) >= 11 is 0. The van der Waals surface area contributed by atoms with Crippen LogP contribution in [0.2, 0.25) is 0 Å². The van der Waals surface area contributed by atoms with Crippen molar-refractivity contribution >= 4 is 18.0 Å². The van der Waals surface area contributed by atoms with Gasteiger partial charge in [-0.3, -0.25) is 4.79 Å².